The molecule has 0 aromatic heterocycles. The van der Waals surface area contributed by atoms with Gasteiger partial charge in [0.15, 0.2) is 0 Å². The molecule has 0 N–H and O–H groups in total. The van der Waals surface area contributed by atoms with Crippen LogP contribution in [0.25, 0.3) is 0 Å². The molecule has 0 aromatic rings. The van der Waals surface area contributed by atoms with Crippen LogP contribution in [-0.4, -0.2) is 47.5 Å². The van der Waals surface area contributed by atoms with E-state index in [-0.39, 0.29) is 29.8 Å². The van der Waals surface area contributed by atoms with Gasteiger partial charge in [-0.3, -0.25) is 14.4 Å². The smallest absolute Gasteiger partial charge is 0.269 e. The summed E-state index contributed by atoms with van der Waals surface area (Å²) >= 11 is 0. The molecule has 2 aliphatic heterocycles. The number of hydrogen-bond donors (Lipinski definition) is 0. The lowest BCUT2D eigenvalue weighted by atomic mass is 10.0. The number of carbonyl (C=O) groups is 2. The summed E-state index contributed by atoms with van der Waals surface area (Å²) in [6, 6.07) is -0.504. The maximum atomic E-state index is 12.2. The number of amides is 2. The number of hydroxylamine groups is 2. The molecule has 2 heterocycles. The fourth-order valence-electron chi connectivity index (χ4n) is 2.56. The van der Waals surface area contributed by atoms with Crippen LogP contribution in [0.5, 0.6) is 0 Å². The molecule has 2 aliphatic rings. The van der Waals surface area contributed by atoms with E-state index in [1.807, 2.05) is 13.8 Å². The van der Waals surface area contributed by atoms with Crippen LogP contribution in [0, 0.1) is 5.92 Å². The van der Waals surface area contributed by atoms with Crippen LogP contribution in [-0.2, 0) is 14.4 Å². The van der Waals surface area contributed by atoms with E-state index in [1.54, 1.807) is 4.90 Å². The number of nitrogens with zero attached hydrogens (tertiary/aromatic N) is 2. The van der Waals surface area contributed by atoms with Gasteiger partial charge in [0.2, 0.25) is 5.91 Å². The Kier molecular flexibility index (Phi) is 2.88. The van der Waals surface area contributed by atoms with Crippen molar-refractivity contribution in [3.05, 3.63) is 0 Å². The highest BCUT2D eigenvalue weighted by atomic mass is 16.7. The lowest BCUT2D eigenvalue weighted by Gasteiger charge is -2.27. The molecule has 16 heavy (non-hydrogen) atoms. The summed E-state index contributed by atoms with van der Waals surface area (Å²) in [5.74, 6) is -0.208. The van der Waals surface area contributed by atoms with Crippen molar-refractivity contribution < 1.29 is 14.4 Å². The molecule has 2 fully saturated rings. The van der Waals surface area contributed by atoms with Crippen LogP contribution >= 0.6 is 0 Å². The Morgan fingerprint density at radius 1 is 1.25 bits per heavy atom. The first-order chi connectivity index (χ1) is 7.57. The zero-order chi connectivity index (χ0) is 11.9. The van der Waals surface area contributed by atoms with Gasteiger partial charge in [0.05, 0.1) is 19.1 Å². The topological polar surface area (TPSA) is 49.9 Å². The molecular formula is C11H18N2O3. The molecule has 0 aliphatic carbocycles. The van der Waals surface area contributed by atoms with E-state index in [9.17, 15) is 9.59 Å². The number of carbonyl (C=O) groups excluding carboxylic acids is 2. The molecule has 0 radical (unpaired) electrons. The highest BCUT2D eigenvalue weighted by Gasteiger charge is 2.45. The summed E-state index contributed by atoms with van der Waals surface area (Å²) in [5, 5.41) is 1.36. The third-order valence-electron chi connectivity index (χ3n) is 3.72. The standard InChI is InChI=1S/C11H18N2O3/c1-7-8(2)13(16-3)11(15)9-5-4-6-12(9)10(7)14/h7-9H,4-6H2,1-3H3/t7-,8+,9+/m1/s1. The molecule has 2 rings (SSSR count). The Labute approximate surface area is 95.3 Å². The largest absolute Gasteiger partial charge is 0.330 e. The highest BCUT2D eigenvalue weighted by Crippen LogP contribution is 2.28. The lowest BCUT2D eigenvalue weighted by Crippen LogP contribution is -2.44. The molecule has 3 atom stereocenters. The first-order valence-corrected chi connectivity index (χ1v) is 5.75. The second kappa shape index (κ2) is 4.05. The zero-order valence-corrected chi connectivity index (χ0v) is 9.97. The van der Waals surface area contributed by atoms with Crippen LogP contribution in [0.15, 0.2) is 0 Å². The number of fused-ring (bicyclic) bond motifs is 1. The van der Waals surface area contributed by atoms with Crippen LogP contribution in [0.1, 0.15) is 26.7 Å². The monoisotopic (exact) mass is 226 g/mol. The van der Waals surface area contributed by atoms with Crippen molar-refractivity contribution >= 4 is 11.8 Å². The van der Waals surface area contributed by atoms with Crippen molar-refractivity contribution in [1.82, 2.24) is 9.96 Å². The molecule has 0 bridgehead atoms. The summed E-state index contributed by atoms with van der Waals surface area (Å²) in [5.41, 5.74) is 0. The Morgan fingerprint density at radius 3 is 2.56 bits per heavy atom. The quantitative estimate of drug-likeness (QED) is 0.650. The predicted molar refractivity (Wildman–Crippen MR) is 57.2 cm³/mol. The van der Waals surface area contributed by atoms with E-state index in [4.69, 9.17) is 4.84 Å². The van der Waals surface area contributed by atoms with Crippen LogP contribution < -0.4 is 0 Å². The Hall–Kier alpha value is -1.10. The minimum atomic E-state index is -0.306. The Morgan fingerprint density at radius 2 is 1.94 bits per heavy atom. The van der Waals surface area contributed by atoms with Gasteiger partial charge in [0.25, 0.3) is 5.91 Å². The van der Waals surface area contributed by atoms with Gasteiger partial charge in [-0.15, -0.1) is 0 Å². The number of hydrogen-bond acceptors (Lipinski definition) is 3. The fourth-order valence-corrected chi connectivity index (χ4v) is 2.56. The summed E-state index contributed by atoms with van der Waals surface area (Å²) in [6.07, 6.45) is 1.66. The van der Waals surface area contributed by atoms with Gasteiger partial charge < -0.3 is 4.90 Å². The van der Waals surface area contributed by atoms with E-state index in [1.165, 1.54) is 12.2 Å². The fraction of sp³-hybridized carbons (Fsp3) is 0.818. The third kappa shape index (κ3) is 1.50. The molecule has 5 heteroatoms. The molecule has 0 aromatic carbocycles. The minimum Gasteiger partial charge on any atom is -0.330 e. The normalized spacial score (nSPS) is 35.3. The van der Waals surface area contributed by atoms with E-state index in [0.717, 1.165) is 12.8 Å². The third-order valence-corrected chi connectivity index (χ3v) is 3.72. The Balaban J connectivity index is 2.34. The molecule has 90 valence electrons. The van der Waals surface area contributed by atoms with Crippen LogP contribution in [0.2, 0.25) is 0 Å². The average Bonchev–Trinajstić information content (AvgIpc) is 2.73. The first-order valence-electron chi connectivity index (χ1n) is 5.75. The molecule has 0 unspecified atom stereocenters. The Bertz CT molecular complexity index is 318. The first kappa shape index (κ1) is 11.4. The summed E-state index contributed by atoms with van der Waals surface area (Å²) in [6.45, 7) is 4.41. The molecule has 0 spiro atoms. The van der Waals surface area contributed by atoms with E-state index in [0.29, 0.717) is 6.54 Å². The van der Waals surface area contributed by atoms with Gasteiger partial charge >= 0.3 is 0 Å². The van der Waals surface area contributed by atoms with Crippen molar-refractivity contribution in [1.29, 1.82) is 0 Å². The minimum absolute atomic E-state index is 0.0721. The van der Waals surface area contributed by atoms with Crippen LogP contribution in [0.4, 0.5) is 0 Å². The molecule has 2 saturated heterocycles. The van der Waals surface area contributed by atoms with Gasteiger partial charge in [-0.2, -0.15) is 0 Å². The lowest BCUT2D eigenvalue weighted by molar-refractivity contribution is -0.190. The SMILES string of the molecule is CON1C(=O)[C@@H]2CCCN2C(=O)[C@H](C)[C@@H]1C. The second-order valence-corrected chi connectivity index (χ2v) is 4.57. The van der Waals surface area contributed by atoms with E-state index >= 15 is 0 Å². The van der Waals surface area contributed by atoms with E-state index in [2.05, 4.69) is 0 Å². The van der Waals surface area contributed by atoms with Crippen molar-refractivity contribution in [3.8, 4) is 0 Å². The highest BCUT2D eigenvalue weighted by molar-refractivity contribution is 5.91. The van der Waals surface area contributed by atoms with Gasteiger partial charge in [-0.05, 0) is 19.8 Å². The predicted octanol–water partition coefficient (Wildman–Crippen LogP) is 0.406. The van der Waals surface area contributed by atoms with Crippen molar-refractivity contribution in [2.45, 2.75) is 38.8 Å². The summed E-state index contributed by atoms with van der Waals surface area (Å²) in [7, 11) is 1.48. The number of rotatable bonds is 1. The van der Waals surface area contributed by atoms with Crippen LogP contribution in [0.3, 0.4) is 0 Å². The van der Waals surface area contributed by atoms with Gasteiger partial charge in [0, 0.05) is 6.54 Å². The maximum absolute atomic E-state index is 12.2. The summed E-state index contributed by atoms with van der Waals surface area (Å²) < 4.78 is 0. The summed E-state index contributed by atoms with van der Waals surface area (Å²) in [4.78, 5) is 31.1. The van der Waals surface area contributed by atoms with E-state index < -0.39 is 0 Å². The average molecular weight is 226 g/mol. The van der Waals surface area contributed by atoms with Gasteiger partial charge in [-0.25, -0.2) is 5.06 Å². The second-order valence-electron chi connectivity index (χ2n) is 4.57. The molecule has 2 amide bonds. The zero-order valence-electron chi connectivity index (χ0n) is 9.97. The van der Waals surface area contributed by atoms with Crippen molar-refractivity contribution in [2.75, 3.05) is 13.7 Å². The van der Waals surface area contributed by atoms with Gasteiger partial charge in [-0.1, -0.05) is 6.92 Å². The molecule has 5 nitrogen and oxygen atoms in total. The van der Waals surface area contributed by atoms with Gasteiger partial charge in [0.1, 0.15) is 6.04 Å². The molecular weight excluding hydrogens is 208 g/mol. The van der Waals surface area contributed by atoms with Crippen molar-refractivity contribution in [2.24, 2.45) is 5.92 Å². The van der Waals surface area contributed by atoms with Crippen molar-refractivity contribution in [3.63, 3.8) is 0 Å². The molecule has 0 saturated carbocycles. The maximum Gasteiger partial charge on any atom is 0.269 e.